The summed E-state index contributed by atoms with van der Waals surface area (Å²) in [5.41, 5.74) is 4.12. The van der Waals surface area contributed by atoms with Crippen molar-refractivity contribution >= 4 is 47.2 Å². The summed E-state index contributed by atoms with van der Waals surface area (Å²) in [5, 5.41) is 7.77. The highest BCUT2D eigenvalue weighted by Gasteiger charge is 2.26. The Morgan fingerprint density at radius 3 is 2.20 bits per heavy atom. The lowest BCUT2D eigenvalue weighted by Crippen LogP contribution is -2.44. The average molecular weight is 493 g/mol. The summed E-state index contributed by atoms with van der Waals surface area (Å²) in [6.07, 6.45) is 5.39. The fourth-order valence-electron chi connectivity index (χ4n) is 4.85. The molecule has 7 nitrogen and oxygen atoms in total. The van der Waals surface area contributed by atoms with E-state index in [1.54, 1.807) is 0 Å². The molecule has 1 saturated carbocycles. The molecule has 3 aromatic rings. The van der Waals surface area contributed by atoms with E-state index in [0.717, 1.165) is 72.1 Å². The average Bonchev–Trinajstić information content (AvgIpc) is 2.88. The van der Waals surface area contributed by atoms with Crippen molar-refractivity contribution in [2.75, 3.05) is 28.6 Å². The van der Waals surface area contributed by atoms with Gasteiger partial charge in [-0.2, -0.15) is 4.98 Å². The first-order chi connectivity index (χ1) is 16.9. The zero-order chi connectivity index (χ0) is 24.9. The number of carbonyl (C=O) groups is 1. The molecule has 4 rings (SSSR count). The summed E-state index contributed by atoms with van der Waals surface area (Å²) < 4.78 is 1.49. The van der Waals surface area contributed by atoms with Crippen LogP contribution in [0.15, 0.2) is 42.5 Å². The third kappa shape index (κ3) is 5.64. The Morgan fingerprint density at radius 2 is 1.57 bits per heavy atom. The van der Waals surface area contributed by atoms with Gasteiger partial charge in [0.15, 0.2) is 0 Å². The molecule has 1 aliphatic carbocycles. The van der Waals surface area contributed by atoms with Gasteiger partial charge in [-0.25, -0.2) is 14.1 Å². The summed E-state index contributed by atoms with van der Waals surface area (Å²) in [6.45, 7) is 4.21. The Bertz CT molecular complexity index is 1150. The predicted molar refractivity (Wildman–Crippen MR) is 149 cm³/mol. The van der Waals surface area contributed by atoms with Crippen molar-refractivity contribution in [3.63, 3.8) is 0 Å². The van der Waals surface area contributed by atoms with Gasteiger partial charge in [-0.1, -0.05) is 57.0 Å². The fraction of sp³-hybridized carbons (Fsp3) is 0.444. The van der Waals surface area contributed by atoms with Gasteiger partial charge in [-0.15, -0.1) is 0 Å². The lowest BCUT2D eigenvalue weighted by atomic mass is 9.91. The number of hydrogen-bond donors (Lipinski definition) is 3. The maximum absolute atomic E-state index is 13.0. The first kappa shape index (κ1) is 25.1. The van der Waals surface area contributed by atoms with Crippen LogP contribution in [-0.4, -0.2) is 42.2 Å². The number of carbonyl (C=O) groups excluding carboxylic acids is 1. The minimum Gasteiger partial charge on any atom is -0.362 e. The second-order valence-corrected chi connectivity index (χ2v) is 9.77. The van der Waals surface area contributed by atoms with Crippen LogP contribution >= 0.6 is 12.8 Å². The van der Waals surface area contributed by atoms with Crippen LogP contribution in [-0.2, 0) is 12.8 Å². The molecule has 2 aromatic carbocycles. The van der Waals surface area contributed by atoms with Crippen molar-refractivity contribution < 1.29 is 4.79 Å². The fourth-order valence-corrected chi connectivity index (χ4v) is 5.17. The molecule has 0 atom stereocenters. The number of hydrogen-bond acceptors (Lipinski definition) is 6. The van der Waals surface area contributed by atoms with Crippen LogP contribution in [0.4, 0.5) is 22.2 Å². The second kappa shape index (κ2) is 11.2. The highest BCUT2D eigenvalue weighted by Crippen LogP contribution is 2.30. The Hall–Kier alpha value is -3.00. The summed E-state index contributed by atoms with van der Waals surface area (Å²) in [5.74, 6) is 1.57. The Morgan fingerprint density at radius 1 is 0.943 bits per heavy atom. The molecule has 1 aromatic heterocycles. The molecule has 0 saturated heterocycles. The number of urea groups is 1. The molecule has 186 valence electrons. The largest absolute Gasteiger partial charge is 0.362 e. The number of para-hydroxylation sites is 2. The molecule has 1 heterocycles. The molecule has 0 aliphatic heterocycles. The van der Waals surface area contributed by atoms with Crippen molar-refractivity contribution in [1.82, 2.24) is 15.3 Å². The number of fused-ring (bicyclic) bond motifs is 1. The molecule has 0 radical (unpaired) electrons. The highest BCUT2D eigenvalue weighted by atomic mass is 32.1. The van der Waals surface area contributed by atoms with Crippen molar-refractivity contribution in [1.29, 1.82) is 0 Å². The molecule has 2 N–H and O–H groups in total. The van der Waals surface area contributed by atoms with E-state index in [2.05, 4.69) is 61.6 Å². The molecule has 0 bridgehead atoms. The van der Waals surface area contributed by atoms with Crippen LogP contribution < -0.4 is 19.8 Å². The minimum absolute atomic E-state index is 0.129. The standard InChI is InChI=1S/C27H36N6OS/c1-5-18-10-9-11-19(6-2)24(18)33(35)27(34)29-21-16-14-20(15-17-21)28-26-30-23-13-8-7-12-22(23)25(31-26)32(3)4/h7-13,20-21,35H,5-6,14-17H2,1-4H3,(H,29,34)(H,28,30,31). The van der Waals surface area contributed by atoms with E-state index >= 15 is 0 Å². The summed E-state index contributed by atoms with van der Waals surface area (Å²) in [4.78, 5) is 24.6. The predicted octanol–water partition coefficient (Wildman–Crippen LogP) is 5.60. The van der Waals surface area contributed by atoms with E-state index in [1.165, 1.54) is 4.31 Å². The summed E-state index contributed by atoms with van der Waals surface area (Å²) in [6, 6.07) is 14.5. The van der Waals surface area contributed by atoms with Crippen molar-refractivity contribution in [2.24, 2.45) is 0 Å². The van der Waals surface area contributed by atoms with Gasteiger partial charge >= 0.3 is 6.03 Å². The van der Waals surface area contributed by atoms with E-state index < -0.39 is 0 Å². The van der Waals surface area contributed by atoms with E-state index in [0.29, 0.717) is 5.95 Å². The van der Waals surface area contributed by atoms with Crippen LogP contribution in [0.2, 0.25) is 0 Å². The molecule has 35 heavy (non-hydrogen) atoms. The van der Waals surface area contributed by atoms with Gasteiger partial charge in [0, 0.05) is 31.6 Å². The third-order valence-corrected chi connectivity index (χ3v) is 7.15. The van der Waals surface area contributed by atoms with Gasteiger partial charge in [0.25, 0.3) is 0 Å². The number of aromatic nitrogens is 2. The van der Waals surface area contributed by atoms with Crippen LogP contribution in [0.1, 0.15) is 50.7 Å². The van der Waals surface area contributed by atoms with Crippen molar-refractivity contribution in [3.8, 4) is 0 Å². The summed E-state index contributed by atoms with van der Waals surface area (Å²) >= 11 is 4.59. The number of benzene rings is 2. The number of rotatable bonds is 7. The number of thiol groups is 1. The van der Waals surface area contributed by atoms with Gasteiger partial charge in [0.2, 0.25) is 5.95 Å². The minimum atomic E-state index is -0.158. The van der Waals surface area contributed by atoms with E-state index in [9.17, 15) is 4.79 Å². The van der Waals surface area contributed by atoms with Crippen LogP contribution in [0, 0.1) is 0 Å². The molecular formula is C27H36N6OS. The van der Waals surface area contributed by atoms with E-state index in [1.807, 2.05) is 37.2 Å². The van der Waals surface area contributed by atoms with Gasteiger partial charge in [-0.3, -0.25) is 0 Å². The first-order valence-electron chi connectivity index (χ1n) is 12.5. The Balaban J connectivity index is 1.37. The van der Waals surface area contributed by atoms with Crippen LogP contribution in [0.3, 0.4) is 0 Å². The van der Waals surface area contributed by atoms with Gasteiger partial charge in [0.05, 0.1) is 11.2 Å². The van der Waals surface area contributed by atoms with Crippen LogP contribution in [0.5, 0.6) is 0 Å². The number of nitrogens with zero attached hydrogens (tertiary/aromatic N) is 4. The van der Waals surface area contributed by atoms with Crippen LogP contribution in [0.25, 0.3) is 10.9 Å². The van der Waals surface area contributed by atoms with E-state index in [-0.39, 0.29) is 18.1 Å². The SMILES string of the molecule is CCc1cccc(CC)c1N(S)C(=O)NC1CCC(Nc2nc(N(C)C)c3ccccc3n2)CC1. The van der Waals surface area contributed by atoms with E-state index in [4.69, 9.17) is 9.97 Å². The number of amides is 2. The number of aryl methyl sites for hydroxylation is 2. The maximum Gasteiger partial charge on any atom is 0.332 e. The van der Waals surface area contributed by atoms with Gasteiger partial charge < -0.3 is 15.5 Å². The monoisotopic (exact) mass is 492 g/mol. The molecule has 0 spiro atoms. The molecule has 2 amide bonds. The molecule has 8 heteroatoms. The zero-order valence-corrected chi connectivity index (χ0v) is 22.0. The lowest BCUT2D eigenvalue weighted by Gasteiger charge is -2.31. The Labute approximate surface area is 213 Å². The second-order valence-electron chi connectivity index (χ2n) is 9.37. The van der Waals surface area contributed by atoms with Crippen molar-refractivity contribution in [2.45, 2.75) is 64.5 Å². The maximum atomic E-state index is 13.0. The topological polar surface area (TPSA) is 73.4 Å². The van der Waals surface area contributed by atoms with Crippen molar-refractivity contribution in [3.05, 3.63) is 53.6 Å². The molecular weight excluding hydrogens is 456 g/mol. The molecule has 1 fully saturated rings. The normalized spacial score (nSPS) is 17.7. The highest BCUT2D eigenvalue weighted by molar-refractivity contribution is 7.82. The molecule has 0 unspecified atom stereocenters. The smallest absolute Gasteiger partial charge is 0.332 e. The summed E-state index contributed by atoms with van der Waals surface area (Å²) in [7, 11) is 4.00. The number of anilines is 3. The quantitative estimate of drug-likeness (QED) is 0.374. The lowest BCUT2D eigenvalue weighted by molar-refractivity contribution is 0.241. The van der Waals surface area contributed by atoms with Gasteiger partial charge in [-0.05, 0) is 61.8 Å². The third-order valence-electron chi connectivity index (χ3n) is 6.76. The van der Waals surface area contributed by atoms with Gasteiger partial charge in [0.1, 0.15) is 5.82 Å². The molecule has 1 aliphatic rings. The zero-order valence-electron chi connectivity index (χ0n) is 21.1. The Kier molecular flexibility index (Phi) is 8.00. The number of nitrogens with one attached hydrogen (secondary N) is 2. The first-order valence-corrected chi connectivity index (χ1v) is 12.9.